The third-order valence-corrected chi connectivity index (χ3v) is 7.98. The quantitative estimate of drug-likeness (QED) is 0.390. The number of amides is 1. The van der Waals surface area contributed by atoms with Crippen molar-refractivity contribution < 1.29 is 4.79 Å². The van der Waals surface area contributed by atoms with E-state index in [1.54, 1.807) is 6.20 Å². The van der Waals surface area contributed by atoms with Gasteiger partial charge < -0.3 is 5.32 Å². The molecule has 0 radical (unpaired) electrons. The van der Waals surface area contributed by atoms with E-state index in [2.05, 4.69) is 32.3 Å². The van der Waals surface area contributed by atoms with Gasteiger partial charge in [-0.15, -0.1) is 0 Å². The number of fused-ring (bicyclic) bond motifs is 2. The number of carbonyl (C=O) groups is 1. The van der Waals surface area contributed by atoms with Gasteiger partial charge in [-0.2, -0.15) is 0 Å². The van der Waals surface area contributed by atoms with Crippen LogP contribution >= 0.6 is 0 Å². The normalized spacial score (nSPS) is 19.9. The Morgan fingerprint density at radius 3 is 2.68 bits per heavy atom. The number of aromatic nitrogens is 3. The van der Waals surface area contributed by atoms with Gasteiger partial charge in [-0.25, -0.2) is 9.97 Å². The summed E-state index contributed by atoms with van der Waals surface area (Å²) in [6.45, 7) is 3.09. The minimum atomic E-state index is 0.0193. The number of hydrogen-bond acceptors (Lipinski definition) is 5. The lowest BCUT2D eigenvalue weighted by Gasteiger charge is -2.32. The molecular formula is C31H33N5O. The molecule has 0 saturated heterocycles. The molecule has 4 aromatic rings. The molecule has 0 atom stereocenters. The van der Waals surface area contributed by atoms with Gasteiger partial charge in [-0.3, -0.25) is 14.7 Å². The molecule has 0 unspecified atom stereocenters. The summed E-state index contributed by atoms with van der Waals surface area (Å²) in [5.41, 5.74) is 5.12. The summed E-state index contributed by atoms with van der Waals surface area (Å²) in [6, 6.07) is 20.1. The van der Waals surface area contributed by atoms with Gasteiger partial charge in [0, 0.05) is 48.0 Å². The number of nitrogens with one attached hydrogen (secondary N) is 1. The second kappa shape index (κ2) is 10.8. The van der Waals surface area contributed by atoms with Crippen molar-refractivity contribution in [1.29, 1.82) is 0 Å². The topological polar surface area (TPSA) is 71.0 Å². The molecule has 1 amide bonds. The fourth-order valence-electron chi connectivity index (χ4n) is 5.80. The number of pyridine rings is 1. The molecule has 1 aliphatic carbocycles. The van der Waals surface area contributed by atoms with Gasteiger partial charge in [-0.1, -0.05) is 42.5 Å². The van der Waals surface area contributed by atoms with Crippen molar-refractivity contribution in [3.63, 3.8) is 0 Å². The Balaban J connectivity index is 0.993. The second-order valence-electron chi connectivity index (χ2n) is 10.4. The van der Waals surface area contributed by atoms with E-state index in [9.17, 15) is 4.79 Å². The Kier molecular flexibility index (Phi) is 6.91. The van der Waals surface area contributed by atoms with Gasteiger partial charge >= 0.3 is 0 Å². The van der Waals surface area contributed by atoms with Crippen LogP contribution in [0.3, 0.4) is 0 Å². The number of nitrogens with zero attached hydrogens (tertiary/aromatic N) is 4. The highest BCUT2D eigenvalue weighted by Crippen LogP contribution is 2.29. The van der Waals surface area contributed by atoms with Crippen LogP contribution in [0.4, 0.5) is 0 Å². The fourth-order valence-corrected chi connectivity index (χ4v) is 5.80. The molecule has 0 bridgehead atoms. The average Bonchev–Trinajstić information content (AvgIpc) is 2.96. The van der Waals surface area contributed by atoms with Crippen LogP contribution in [0.25, 0.3) is 22.3 Å². The minimum Gasteiger partial charge on any atom is -0.349 e. The van der Waals surface area contributed by atoms with Crippen molar-refractivity contribution in [3.8, 4) is 11.4 Å². The predicted octanol–water partition coefficient (Wildman–Crippen LogP) is 5.43. The summed E-state index contributed by atoms with van der Waals surface area (Å²) in [5, 5.41) is 4.21. The summed E-state index contributed by atoms with van der Waals surface area (Å²) < 4.78 is 0. The Morgan fingerprint density at radius 2 is 1.81 bits per heavy atom. The Bertz CT molecular complexity index is 1380. The summed E-state index contributed by atoms with van der Waals surface area (Å²) in [7, 11) is 0. The van der Waals surface area contributed by atoms with Crippen LogP contribution in [0.15, 0.2) is 73.1 Å². The molecule has 2 aromatic carbocycles. The second-order valence-corrected chi connectivity index (χ2v) is 10.4. The summed E-state index contributed by atoms with van der Waals surface area (Å²) >= 11 is 0. The molecule has 1 saturated carbocycles. The molecule has 0 spiro atoms. The molecule has 2 aliphatic rings. The third kappa shape index (κ3) is 5.39. The van der Waals surface area contributed by atoms with Gasteiger partial charge in [0.1, 0.15) is 0 Å². The average molecular weight is 492 g/mol. The van der Waals surface area contributed by atoms with Crippen LogP contribution in [-0.4, -0.2) is 44.9 Å². The van der Waals surface area contributed by atoms with Gasteiger partial charge in [0.25, 0.3) is 5.91 Å². The molecule has 1 fully saturated rings. The number of carbonyl (C=O) groups excluding carboxylic acids is 1. The summed E-state index contributed by atoms with van der Waals surface area (Å²) in [5.74, 6) is 1.56. The van der Waals surface area contributed by atoms with E-state index < -0.39 is 0 Å². The zero-order valence-electron chi connectivity index (χ0n) is 21.1. The Hall–Kier alpha value is -3.64. The maximum atomic E-state index is 13.0. The predicted molar refractivity (Wildman–Crippen MR) is 146 cm³/mol. The maximum Gasteiger partial charge on any atom is 0.252 e. The van der Waals surface area contributed by atoms with E-state index in [0.717, 1.165) is 72.7 Å². The third-order valence-electron chi connectivity index (χ3n) is 7.98. The number of benzene rings is 2. The van der Waals surface area contributed by atoms with Crippen LogP contribution in [0.5, 0.6) is 0 Å². The van der Waals surface area contributed by atoms with Crippen LogP contribution in [0, 0.1) is 5.92 Å². The molecule has 1 N–H and O–H groups in total. The highest BCUT2D eigenvalue weighted by molar-refractivity contribution is 6.06. The lowest BCUT2D eigenvalue weighted by Crippen LogP contribution is -2.38. The van der Waals surface area contributed by atoms with E-state index in [4.69, 9.17) is 4.98 Å². The molecule has 3 heterocycles. The molecule has 6 nitrogen and oxygen atoms in total. The molecule has 6 rings (SSSR count). The highest BCUT2D eigenvalue weighted by Gasteiger charge is 2.25. The van der Waals surface area contributed by atoms with Gasteiger partial charge in [0.2, 0.25) is 0 Å². The molecule has 37 heavy (non-hydrogen) atoms. The Morgan fingerprint density at radius 1 is 0.946 bits per heavy atom. The van der Waals surface area contributed by atoms with Crippen molar-refractivity contribution in [1.82, 2.24) is 25.2 Å². The molecule has 188 valence electrons. The molecule has 2 aromatic heterocycles. The van der Waals surface area contributed by atoms with Gasteiger partial charge in [0.15, 0.2) is 5.82 Å². The van der Waals surface area contributed by atoms with E-state index in [0.29, 0.717) is 0 Å². The van der Waals surface area contributed by atoms with Crippen molar-refractivity contribution in [2.75, 3.05) is 13.1 Å². The van der Waals surface area contributed by atoms with Crippen molar-refractivity contribution >= 4 is 16.8 Å². The first-order valence-corrected chi connectivity index (χ1v) is 13.5. The van der Waals surface area contributed by atoms with Gasteiger partial charge in [-0.05, 0) is 74.8 Å². The number of hydrogen-bond donors (Lipinski definition) is 1. The van der Waals surface area contributed by atoms with E-state index in [-0.39, 0.29) is 11.9 Å². The lowest BCUT2D eigenvalue weighted by atomic mass is 9.83. The zero-order valence-corrected chi connectivity index (χ0v) is 21.1. The molecule has 1 aliphatic heterocycles. The standard InChI is InChI=1S/C31H33N5O/c37-31(27-8-4-10-28-26(27)9-5-17-32-28)34-25-13-11-22(12-14-25)15-18-36-19-16-24-20-33-30(35-29(24)21-36)23-6-2-1-3-7-23/h1-10,17,20,22,25H,11-16,18-19,21H2,(H,34,37)/t22-,25-. The van der Waals surface area contributed by atoms with Crippen LogP contribution in [0.1, 0.15) is 53.7 Å². The van der Waals surface area contributed by atoms with E-state index in [1.165, 1.54) is 30.5 Å². The first-order valence-electron chi connectivity index (χ1n) is 13.5. The van der Waals surface area contributed by atoms with Gasteiger partial charge in [0.05, 0.1) is 11.2 Å². The maximum absolute atomic E-state index is 13.0. The van der Waals surface area contributed by atoms with Crippen molar-refractivity contribution in [3.05, 3.63) is 89.9 Å². The smallest absolute Gasteiger partial charge is 0.252 e. The lowest BCUT2D eigenvalue weighted by molar-refractivity contribution is 0.0921. The van der Waals surface area contributed by atoms with Crippen LogP contribution in [-0.2, 0) is 13.0 Å². The van der Waals surface area contributed by atoms with Crippen molar-refractivity contribution in [2.24, 2.45) is 5.92 Å². The fraction of sp³-hybridized carbons (Fsp3) is 0.355. The Labute approximate surface area is 218 Å². The van der Waals surface area contributed by atoms with Crippen molar-refractivity contribution in [2.45, 2.75) is 51.1 Å². The summed E-state index contributed by atoms with van der Waals surface area (Å²) in [4.78, 5) is 29.4. The van der Waals surface area contributed by atoms with E-state index in [1.807, 2.05) is 54.7 Å². The van der Waals surface area contributed by atoms with Crippen LogP contribution < -0.4 is 5.32 Å². The first-order chi connectivity index (χ1) is 18.2. The minimum absolute atomic E-state index is 0.0193. The van der Waals surface area contributed by atoms with Crippen LogP contribution in [0.2, 0.25) is 0 Å². The molecule has 6 heteroatoms. The first kappa shape index (κ1) is 23.7. The highest BCUT2D eigenvalue weighted by atomic mass is 16.1. The monoisotopic (exact) mass is 491 g/mol. The zero-order chi connectivity index (χ0) is 25.0. The SMILES string of the molecule is O=C(N[C@H]1CC[C@H](CCN2CCc3cnc(-c4ccccc4)nc3C2)CC1)c1cccc2ncccc12. The summed E-state index contributed by atoms with van der Waals surface area (Å²) in [6.07, 6.45) is 10.5. The molecular weight excluding hydrogens is 458 g/mol. The number of rotatable bonds is 6. The van der Waals surface area contributed by atoms with E-state index >= 15 is 0 Å². The largest absolute Gasteiger partial charge is 0.349 e.